The number of nitrogens with one attached hydrogen (secondary N) is 1. The molecule has 108 valence electrons. The van der Waals surface area contributed by atoms with Gasteiger partial charge in [-0.15, -0.1) is 12.4 Å². The molecule has 0 amide bonds. The van der Waals surface area contributed by atoms with E-state index in [-0.39, 0.29) is 18.4 Å². The SMILES string of the molecule is Cl.O=C(OC(=O)[C@@H]1C[C@@H]2CCC[C@H]2N1)c1ccccc1. The van der Waals surface area contributed by atoms with Gasteiger partial charge in [0, 0.05) is 6.04 Å². The van der Waals surface area contributed by atoms with E-state index in [2.05, 4.69) is 5.32 Å². The number of hydrogen-bond acceptors (Lipinski definition) is 4. The molecule has 1 aromatic carbocycles. The van der Waals surface area contributed by atoms with E-state index in [0.717, 1.165) is 12.8 Å². The Labute approximate surface area is 124 Å². The maximum atomic E-state index is 12.0. The second-order valence-electron chi connectivity index (χ2n) is 5.33. The van der Waals surface area contributed by atoms with Gasteiger partial charge in [0.15, 0.2) is 0 Å². The van der Waals surface area contributed by atoms with Crippen molar-refractivity contribution in [2.75, 3.05) is 0 Å². The number of esters is 2. The molecule has 1 aliphatic heterocycles. The molecule has 3 atom stereocenters. The summed E-state index contributed by atoms with van der Waals surface area (Å²) in [7, 11) is 0. The Morgan fingerprint density at radius 2 is 1.90 bits per heavy atom. The molecule has 5 heteroatoms. The molecule has 4 nitrogen and oxygen atoms in total. The van der Waals surface area contributed by atoms with Crippen LogP contribution in [0.4, 0.5) is 0 Å². The van der Waals surface area contributed by atoms with Crippen molar-refractivity contribution < 1.29 is 14.3 Å². The molecule has 1 heterocycles. The first-order valence-corrected chi connectivity index (χ1v) is 6.81. The lowest BCUT2D eigenvalue weighted by molar-refractivity contribution is -0.140. The predicted octanol–water partition coefficient (Wildman–Crippen LogP) is 2.32. The Hall–Kier alpha value is -1.39. The van der Waals surface area contributed by atoms with Crippen LogP contribution < -0.4 is 5.32 Å². The number of ether oxygens (including phenoxy) is 1. The van der Waals surface area contributed by atoms with Gasteiger partial charge in [0.25, 0.3) is 0 Å². The summed E-state index contributed by atoms with van der Waals surface area (Å²) in [5.41, 5.74) is 0.411. The van der Waals surface area contributed by atoms with Crippen molar-refractivity contribution in [2.45, 2.75) is 37.8 Å². The molecule has 1 N–H and O–H groups in total. The maximum absolute atomic E-state index is 12.0. The molecule has 0 radical (unpaired) electrons. The fourth-order valence-electron chi connectivity index (χ4n) is 3.13. The van der Waals surface area contributed by atoms with Crippen molar-refractivity contribution in [3.8, 4) is 0 Å². The van der Waals surface area contributed by atoms with E-state index in [1.807, 2.05) is 6.07 Å². The van der Waals surface area contributed by atoms with Crippen molar-refractivity contribution in [2.24, 2.45) is 5.92 Å². The zero-order valence-electron chi connectivity index (χ0n) is 11.1. The molecule has 0 spiro atoms. The molecule has 2 aliphatic rings. The van der Waals surface area contributed by atoms with E-state index >= 15 is 0 Å². The van der Waals surface area contributed by atoms with Crippen LogP contribution in [0.15, 0.2) is 30.3 Å². The summed E-state index contributed by atoms with van der Waals surface area (Å²) >= 11 is 0. The summed E-state index contributed by atoms with van der Waals surface area (Å²) in [5, 5.41) is 3.28. The quantitative estimate of drug-likeness (QED) is 0.672. The monoisotopic (exact) mass is 295 g/mol. The number of halogens is 1. The van der Waals surface area contributed by atoms with Crippen molar-refractivity contribution >= 4 is 24.3 Å². The predicted molar refractivity (Wildman–Crippen MR) is 76.8 cm³/mol. The Kier molecular flexibility index (Phi) is 4.78. The smallest absolute Gasteiger partial charge is 0.345 e. The van der Waals surface area contributed by atoms with Crippen LogP contribution in [0, 0.1) is 5.92 Å². The summed E-state index contributed by atoms with van der Waals surface area (Å²) in [6.45, 7) is 0. The normalized spacial score (nSPS) is 27.5. The molecule has 1 saturated heterocycles. The van der Waals surface area contributed by atoms with E-state index in [0.29, 0.717) is 17.5 Å². The third-order valence-electron chi connectivity index (χ3n) is 4.10. The van der Waals surface area contributed by atoms with Gasteiger partial charge in [-0.2, -0.15) is 0 Å². The second kappa shape index (κ2) is 6.37. The summed E-state index contributed by atoms with van der Waals surface area (Å²) in [6, 6.07) is 8.72. The molecule has 0 bridgehead atoms. The minimum Gasteiger partial charge on any atom is -0.388 e. The van der Waals surface area contributed by atoms with Crippen LogP contribution in [0.2, 0.25) is 0 Å². The van der Waals surface area contributed by atoms with Gasteiger partial charge in [-0.05, 0) is 37.3 Å². The number of carbonyl (C=O) groups is 2. The highest BCUT2D eigenvalue weighted by molar-refractivity contribution is 5.98. The highest BCUT2D eigenvalue weighted by Gasteiger charge is 2.40. The van der Waals surface area contributed by atoms with Crippen LogP contribution in [0.1, 0.15) is 36.0 Å². The molecular weight excluding hydrogens is 278 g/mol. The zero-order valence-corrected chi connectivity index (χ0v) is 11.9. The van der Waals surface area contributed by atoms with Gasteiger partial charge < -0.3 is 10.1 Å². The summed E-state index contributed by atoms with van der Waals surface area (Å²) < 4.78 is 4.95. The molecule has 0 unspecified atom stereocenters. The average molecular weight is 296 g/mol. The van der Waals surface area contributed by atoms with Crippen LogP contribution in [-0.4, -0.2) is 24.0 Å². The first-order chi connectivity index (χ1) is 9.24. The minimum atomic E-state index is -0.565. The lowest BCUT2D eigenvalue weighted by Crippen LogP contribution is -2.37. The van der Waals surface area contributed by atoms with Crippen LogP contribution in [-0.2, 0) is 9.53 Å². The average Bonchev–Trinajstić information content (AvgIpc) is 3.00. The minimum absolute atomic E-state index is 0. The zero-order chi connectivity index (χ0) is 13.2. The lowest BCUT2D eigenvalue weighted by atomic mass is 10.0. The Morgan fingerprint density at radius 1 is 1.15 bits per heavy atom. The summed E-state index contributed by atoms with van der Waals surface area (Å²) in [5.74, 6) is -0.433. The maximum Gasteiger partial charge on any atom is 0.345 e. The molecule has 1 saturated carbocycles. The third kappa shape index (κ3) is 3.02. The molecule has 0 aromatic heterocycles. The van der Waals surface area contributed by atoms with Gasteiger partial charge in [0.1, 0.15) is 6.04 Å². The second-order valence-corrected chi connectivity index (χ2v) is 5.33. The van der Waals surface area contributed by atoms with Crippen LogP contribution in [0.3, 0.4) is 0 Å². The standard InChI is InChI=1S/C15H17NO3.ClH/c17-14(10-5-2-1-3-6-10)19-15(18)13-9-11-7-4-8-12(11)16-13;/h1-3,5-6,11-13,16H,4,7-9H2;1H/t11-,12+,13-;/m0./s1. The fraction of sp³-hybridized carbons (Fsp3) is 0.467. The summed E-state index contributed by atoms with van der Waals surface area (Å²) in [4.78, 5) is 23.7. The topological polar surface area (TPSA) is 55.4 Å². The number of fused-ring (bicyclic) bond motifs is 1. The largest absolute Gasteiger partial charge is 0.388 e. The van der Waals surface area contributed by atoms with E-state index in [9.17, 15) is 9.59 Å². The Morgan fingerprint density at radius 3 is 2.60 bits per heavy atom. The third-order valence-corrected chi connectivity index (χ3v) is 4.10. The first-order valence-electron chi connectivity index (χ1n) is 6.81. The van der Waals surface area contributed by atoms with E-state index in [4.69, 9.17) is 4.74 Å². The van der Waals surface area contributed by atoms with Gasteiger partial charge in [-0.25, -0.2) is 9.59 Å². The highest BCUT2D eigenvalue weighted by atomic mass is 35.5. The van der Waals surface area contributed by atoms with E-state index < -0.39 is 11.9 Å². The van der Waals surface area contributed by atoms with Crippen molar-refractivity contribution in [3.63, 3.8) is 0 Å². The number of benzene rings is 1. The number of hydrogen-bond donors (Lipinski definition) is 1. The summed E-state index contributed by atoms with van der Waals surface area (Å²) in [6.07, 6.45) is 4.33. The number of carbonyl (C=O) groups excluding carboxylic acids is 2. The Balaban J connectivity index is 0.00000147. The lowest BCUT2D eigenvalue weighted by Gasteiger charge is -2.11. The number of rotatable bonds is 2. The Bertz CT molecular complexity index is 479. The molecular formula is C15H18ClNO3. The van der Waals surface area contributed by atoms with Crippen LogP contribution in [0.25, 0.3) is 0 Å². The fourth-order valence-corrected chi connectivity index (χ4v) is 3.13. The van der Waals surface area contributed by atoms with E-state index in [1.54, 1.807) is 24.3 Å². The highest BCUT2D eigenvalue weighted by Crippen LogP contribution is 2.34. The molecule has 3 rings (SSSR count). The van der Waals surface area contributed by atoms with Crippen molar-refractivity contribution in [3.05, 3.63) is 35.9 Å². The van der Waals surface area contributed by atoms with Gasteiger partial charge in [-0.1, -0.05) is 24.6 Å². The van der Waals surface area contributed by atoms with Crippen LogP contribution >= 0.6 is 12.4 Å². The van der Waals surface area contributed by atoms with E-state index in [1.165, 1.54) is 12.8 Å². The van der Waals surface area contributed by atoms with Crippen molar-refractivity contribution in [1.29, 1.82) is 0 Å². The first kappa shape index (κ1) is 15.0. The van der Waals surface area contributed by atoms with Crippen LogP contribution in [0.5, 0.6) is 0 Å². The molecule has 20 heavy (non-hydrogen) atoms. The van der Waals surface area contributed by atoms with Gasteiger partial charge in [0.2, 0.25) is 0 Å². The molecule has 1 aromatic rings. The van der Waals surface area contributed by atoms with Gasteiger partial charge in [-0.3, -0.25) is 0 Å². The molecule has 2 fully saturated rings. The van der Waals surface area contributed by atoms with Gasteiger partial charge in [0.05, 0.1) is 5.56 Å². The van der Waals surface area contributed by atoms with Gasteiger partial charge >= 0.3 is 11.9 Å². The molecule has 1 aliphatic carbocycles. The van der Waals surface area contributed by atoms with Crippen molar-refractivity contribution in [1.82, 2.24) is 5.32 Å².